The van der Waals surface area contributed by atoms with Gasteiger partial charge in [-0.1, -0.05) is 61.7 Å². The van der Waals surface area contributed by atoms with E-state index in [2.05, 4.69) is 35.6 Å². The molecule has 24 heavy (non-hydrogen) atoms. The minimum Gasteiger partial charge on any atom is -0.508 e. The van der Waals surface area contributed by atoms with E-state index in [-0.39, 0.29) is 11.7 Å². The highest BCUT2D eigenvalue weighted by atomic mass is 16.3. The Bertz CT molecular complexity index is 593. The molecule has 0 unspecified atom stereocenters. The van der Waals surface area contributed by atoms with Crippen molar-refractivity contribution >= 4 is 5.91 Å². The maximum atomic E-state index is 11.8. The fraction of sp³-hybridized carbons (Fsp3) is 0.381. The molecule has 3 nitrogen and oxygen atoms in total. The van der Waals surface area contributed by atoms with Crippen molar-refractivity contribution in [3.8, 4) is 5.75 Å². The van der Waals surface area contributed by atoms with Crippen molar-refractivity contribution in [2.45, 2.75) is 44.9 Å². The van der Waals surface area contributed by atoms with Crippen LogP contribution in [-0.4, -0.2) is 17.6 Å². The topological polar surface area (TPSA) is 49.3 Å². The number of amides is 1. The number of unbranched alkanes of at least 4 members (excludes halogenated alkanes) is 4. The van der Waals surface area contributed by atoms with Gasteiger partial charge in [-0.25, -0.2) is 0 Å². The molecule has 2 aromatic rings. The monoisotopic (exact) mass is 325 g/mol. The summed E-state index contributed by atoms with van der Waals surface area (Å²) < 4.78 is 0. The van der Waals surface area contributed by atoms with E-state index in [0.717, 1.165) is 31.4 Å². The van der Waals surface area contributed by atoms with Gasteiger partial charge >= 0.3 is 0 Å². The van der Waals surface area contributed by atoms with Gasteiger partial charge in [0.25, 0.3) is 0 Å². The second-order valence-corrected chi connectivity index (χ2v) is 6.20. The molecule has 0 heterocycles. The molecule has 0 aromatic heterocycles. The summed E-state index contributed by atoms with van der Waals surface area (Å²) in [4.78, 5) is 11.8. The Hall–Kier alpha value is -2.29. The molecule has 0 saturated heterocycles. The molecule has 0 atom stereocenters. The molecule has 0 saturated carbocycles. The van der Waals surface area contributed by atoms with Crippen LogP contribution < -0.4 is 5.32 Å². The smallest absolute Gasteiger partial charge is 0.224 e. The van der Waals surface area contributed by atoms with Crippen LogP contribution in [-0.2, 0) is 17.6 Å². The number of rotatable bonds is 10. The molecule has 0 bridgehead atoms. The van der Waals surface area contributed by atoms with Gasteiger partial charge in [-0.3, -0.25) is 4.79 Å². The number of phenols is 1. The quantitative estimate of drug-likeness (QED) is 0.642. The summed E-state index contributed by atoms with van der Waals surface area (Å²) in [6, 6.07) is 17.4. The summed E-state index contributed by atoms with van der Waals surface area (Å²) in [5.41, 5.74) is 2.34. The van der Waals surface area contributed by atoms with Crippen molar-refractivity contribution in [1.29, 1.82) is 0 Å². The van der Waals surface area contributed by atoms with Crippen molar-refractivity contribution in [2.75, 3.05) is 6.54 Å². The van der Waals surface area contributed by atoms with E-state index in [1.807, 2.05) is 0 Å². The van der Waals surface area contributed by atoms with E-state index in [1.165, 1.54) is 24.8 Å². The van der Waals surface area contributed by atoms with Crippen molar-refractivity contribution in [3.63, 3.8) is 0 Å². The average molecular weight is 325 g/mol. The first-order valence-electron chi connectivity index (χ1n) is 8.82. The van der Waals surface area contributed by atoms with Gasteiger partial charge in [-0.05, 0) is 42.5 Å². The van der Waals surface area contributed by atoms with Crippen molar-refractivity contribution in [2.24, 2.45) is 0 Å². The number of phenolic OH excluding ortho intramolecular Hbond substituents is 1. The molecule has 2 rings (SSSR count). The molecule has 0 aliphatic carbocycles. The van der Waals surface area contributed by atoms with Gasteiger partial charge in [0.2, 0.25) is 5.91 Å². The van der Waals surface area contributed by atoms with E-state index in [0.29, 0.717) is 6.42 Å². The number of nitrogens with one attached hydrogen (secondary N) is 1. The van der Waals surface area contributed by atoms with E-state index in [9.17, 15) is 9.90 Å². The second-order valence-electron chi connectivity index (χ2n) is 6.20. The van der Waals surface area contributed by atoms with Gasteiger partial charge < -0.3 is 10.4 Å². The standard InChI is InChI=1S/C21H27NO2/c23-20-14-12-19(13-15-20)17-21(24)22-16-8-3-1-2-5-9-18-10-6-4-7-11-18/h4,6-7,10-15,23H,1-3,5,8-9,16-17H2,(H,22,24). The van der Waals surface area contributed by atoms with Crippen molar-refractivity contribution in [3.05, 3.63) is 65.7 Å². The Kier molecular flexibility index (Phi) is 7.88. The average Bonchev–Trinajstić information content (AvgIpc) is 2.60. The molecular weight excluding hydrogens is 298 g/mol. The summed E-state index contributed by atoms with van der Waals surface area (Å²) in [6.07, 6.45) is 7.43. The Morgan fingerprint density at radius 3 is 2.21 bits per heavy atom. The first-order chi connectivity index (χ1) is 11.7. The maximum Gasteiger partial charge on any atom is 0.224 e. The highest BCUT2D eigenvalue weighted by molar-refractivity contribution is 5.78. The van der Waals surface area contributed by atoms with Gasteiger partial charge in [-0.15, -0.1) is 0 Å². The predicted molar refractivity (Wildman–Crippen MR) is 98.1 cm³/mol. The van der Waals surface area contributed by atoms with Gasteiger partial charge in [-0.2, -0.15) is 0 Å². The number of carbonyl (C=O) groups excluding carboxylic acids is 1. The van der Waals surface area contributed by atoms with E-state index in [4.69, 9.17) is 0 Å². The van der Waals surface area contributed by atoms with E-state index in [1.54, 1.807) is 24.3 Å². The molecule has 128 valence electrons. The minimum absolute atomic E-state index is 0.0461. The molecule has 0 radical (unpaired) electrons. The lowest BCUT2D eigenvalue weighted by Gasteiger charge is -2.06. The Morgan fingerprint density at radius 2 is 1.46 bits per heavy atom. The number of carbonyl (C=O) groups is 1. The first-order valence-corrected chi connectivity index (χ1v) is 8.82. The molecule has 2 aromatic carbocycles. The third-order valence-corrected chi connectivity index (χ3v) is 4.11. The van der Waals surface area contributed by atoms with Crippen LogP contribution in [0.25, 0.3) is 0 Å². The Balaban J connectivity index is 1.46. The van der Waals surface area contributed by atoms with Crippen LogP contribution in [0.4, 0.5) is 0 Å². The molecule has 3 heteroatoms. The van der Waals surface area contributed by atoms with Crippen LogP contribution in [0.5, 0.6) is 5.75 Å². The van der Waals surface area contributed by atoms with Crippen molar-refractivity contribution < 1.29 is 9.90 Å². The summed E-state index contributed by atoms with van der Waals surface area (Å²) >= 11 is 0. The number of hydrogen-bond donors (Lipinski definition) is 2. The van der Waals surface area contributed by atoms with Gasteiger partial charge in [0.1, 0.15) is 5.75 Å². The summed E-state index contributed by atoms with van der Waals surface area (Å²) in [7, 11) is 0. The zero-order valence-corrected chi connectivity index (χ0v) is 14.2. The van der Waals surface area contributed by atoms with E-state index >= 15 is 0 Å². The number of aromatic hydroxyl groups is 1. The minimum atomic E-state index is 0.0461. The summed E-state index contributed by atoms with van der Waals surface area (Å²) in [5.74, 6) is 0.274. The molecule has 0 aliphatic rings. The molecule has 0 fully saturated rings. The van der Waals surface area contributed by atoms with Crippen LogP contribution in [0.3, 0.4) is 0 Å². The lowest BCUT2D eigenvalue weighted by Crippen LogP contribution is -2.26. The fourth-order valence-electron chi connectivity index (χ4n) is 2.72. The Labute approximate surface area is 144 Å². The molecule has 0 spiro atoms. The Morgan fingerprint density at radius 1 is 0.792 bits per heavy atom. The number of hydrogen-bond acceptors (Lipinski definition) is 2. The van der Waals surface area contributed by atoms with Crippen LogP contribution in [0.2, 0.25) is 0 Å². The highest BCUT2D eigenvalue weighted by Crippen LogP contribution is 2.10. The first kappa shape index (κ1) is 18.1. The number of aryl methyl sites for hydroxylation is 1. The third-order valence-electron chi connectivity index (χ3n) is 4.11. The lowest BCUT2D eigenvalue weighted by atomic mass is 10.1. The lowest BCUT2D eigenvalue weighted by molar-refractivity contribution is -0.120. The van der Waals surface area contributed by atoms with E-state index < -0.39 is 0 Å². The predicted octanol–water partition coefficient (Wildman–Crippen LogP) is 4.24. The zero-order chi connectivity index (χ0) is 17.0. The molecule has 0 aliphatic heterocycles. The second kappa shape index (κ2) is 10.5. The third kappa shape index (κ3) is 7.32. The normalized spacial score (nSPS) is 10.5. The maximum absolute atomic E-state index is 11.8. The fourth-order valence-corrected chi connectivity index (χ4v) is 2.72. The van der Waals surface area contributed by atoms with Crippen LogP contribution >= 0.6 is 0 Å². The van der Waals surface area contributed by atoms with Gasteiger partial charge in [0.15, 0.2) is 0 Å². The van der Waals surface area contributed by atoms with Crippen molar-refractivity contribution in [1.82, 2.24) is 5.32 Å². The molecule has 2 N–H and O–H groups in total. The largest absolute Gasteiger partial charge is 0.508 e. The highest BCUT2D eigenvalue weighted by Gasteiger charge is 2.02. The summed E-state index contributed by atoms with van der Waals surface area (Å²) in [6.45, 7) is 0.746. The van der Waals surface area contributed by atoms with Crippen LogP contribution in [0.15, 0.2) is 54.6 Å². The van der Waals surface area contributed by atoms with Gasteiger partial charge in [0.05, 0.1) is 6.42 Å². The van der Waals surface area contributed by atoms with Crippen LogP contribution in [0, 0.1) is 0 Å². The molecule has 1 amide bonds. The number of benzene rings is 2. The van der Waals surface area contributed by atoms with Gasteiger partial charge in [0, 0.05) is 6.54 Å². The van der Waals surface area contributed by atoms with Crippen LogP contribution in [0.1, 0.15) is 43.2 Å². The zero-order valence-electron chi connectivity index (χ0n) is 14.2. The summed E-state index contributed by atoms with van der Waals surface area (Å²) in [5, 5.41) is 12.2. The SMILES string of the molecule is O=C(Cc1ccc(O)cc1)NCCCCCCCc1ccccc1. The molecular formula is C21H27NO2.